The Balaban J connectivity index is 2.90. The van der Waals surface area contributed by atoms with Crippen molar-refractivity contribution in [2.24, 2.45) is 0 Å². The van der Waals surface area contributed by atoms with E-state index in [0.717, 1.165) is 5.69 Å². The molecule has 0 unspecified atom stereocenters. The number of hydrogen-bond donors (Lipinski definition) is 0. The molecule has 0 N–H and O–H groups in total. The van der Waals surface area contributed by atoms with E-state index in [1.54, 1.807) is 11.6 Å². The molecule has 0 atom stereocenters. The van der Waals surface area contributed by atoms with Crippen LogP contribution in [0.1, 0.15) is 11.3 Å². The first kappa shape index (κ1) is 8.66. The van der Waals surface area contributed by atoms with Crippen LogP contribution in [0.4, 0.5) is 0 Å². The van der Waals surface area contributed by atoms with Gasteiger partial charge in [0.25, 0.3) is 0 Å². The van der Waals surface area contributed by atoms with E-state index in [-0.39, 0.29) is 0 Å². The van der Waals surface area contributed by atoms with Crippen LogP contribution in [0.5, 0.6) is 0 Å². The van der Waals surface area contributed by atoms with Gasteiger partial charge in [0.05, 0.1) is 0 Å². The van der Waals surface area contributed by atoms with Gasteiger partial charge in [-0.05, 0) is 26.2 Å². The number of hydrogen-bond acceptors (Lipinski definition) is 2. The van der Waals surface area contributed by atoms with Gasteiger partial charge in [0.15, 0.2) is 0 Å². The molecule has 0 fully saturated rings. The van der Waals surface area contributed by atoms with Crippen molar-refractivity contribution < 1.29 is 0 Å². The van der Waals surface area contributed by atoms with Crippen molar-refractivity contribution in [3.63, 3.8) is 0 Å². The number of pyridine rings is 1. The first-order valence-electron chi connectivity index (χ1n) is 3.53. The first-order valence-corrected chi connectivity index (χ1v) is 4.82. The zero-order valence-corrected chi connectivity index (χ0v) is 7.90. The maximum absolute atomic E-state index is 4.21. The fourth-order valence-electron chi connectivity index (χ4n) is 0.957. The topological polar surface area (TPSA) is 12.9 Å². The van der Waals surface area contributed by atoms with Gasteiger partial charge in [-0.3, -0.25) is 4.98 Å². The molecule has 11 heavy (non-hydrogen) atoms. The summed E-state index contributed by atoms with van der Waals surface area (Å²) in [6.45, 7) is 6.23. The van der Waals surface area contributed by atoms with Crippen LogP contribution in [-0.2, 0) is 0 Å². The smallest absolute Gasteiger partial charge is 0.231 e. The number of nitrogens with zero attached hydrogens (tertiary/aromatic N) is 1. The van der Waals surface area contributed by atoms with Crippen molar-refractivity contribution in [2.75, 3.05) is 6.26 Å². The van der Waals surface area contributed by atoms with Crippen molar-refractivity contribution in [1.82, 2.24) is 4.98 Å². The average molecular weight is 164 g/mol. The molecule has 1 heterocycles. The van der Waals surface area contributed by atoms with Gasteiger partial charge >= 0.3 is 0 Å². The van der Waals surface area contributed by atoms with Crippen LogP contribution in [0.15, 0.2) is 12.3 Å². The lowest BCUT2D eigenvalue weighted by molar-refractivity contribution is 1.19. The number of aromatic nitrogens is 1. The lowest BCUT2D eigenvalue weighted by Crippen LogP contribution is -2.15. The average Bonchev–Trinajstić information content (AvgIpc) is 1.95. The van der Waals surface area contributed by atoms with Crippen LogP contribution < -0.4 is 5.46 Å². The Hall–Kier alpha value is -0.435. The number of aryl methyl sites for hydroxylation is 2. The molecule has 1 aromatic heterocycles. The Morgan fingerprint density at radius 3 is 2.73 bits per heavy atom. The second-order valence-electron chi connectivity index (χ2n) is 2.54. The lowest BCUT2D eigenvalue weighted by Gasteiger charge is -2.01. The second kappa shape index (κ2) is 3.81. The van der Waals surface area contributed by atoms with Crippen LogP contribution in [0, 0.1) is 13.8 Å². The molecule has 1 radical (unpaired) electrons. The monoisotopic (exact) mass is 164 g/mol. The quantitative estimate of drug-likeness (QED) is 0.611. The van der Waals surface area contributed by atoms with Gasteiger partial charge in [0.1, 0.15) is 0 Å². The van der Waals surface area contributed by atoms with Gasteiger partial charge in [-0.15, -0.1) is 0 Å². The summed E-state index contributed by atoms with van der Waals surface area (Å²) in [6.07, 6.45) is 3.97. The molecule has 57 valence electrons. The Morgan fingerprint density at radius 1 is 1.45 bits per heavy atom. The third kappa shape index (κ3) is 2.26. The molecule has 1 rings (SSSR count). The Kier molecular flexibility index (Phi) is 3.00. The fraction of sp³-hybridized carbons (Fsp3) is 0.375. The van der Waals surface area contributed by atoms with Crippen LogP contribution >= 0.6 is 11.6 Å². The molecule has 3 heteroatoms. The van der Waals surface area contributed by atoms with Crippen LogP contribution in [0.3, 0.4) is 0 Å². The van der Waals surface area contributed by atoms with Crippen molar-refractivity contribution in [3.05, 3.63) is 23.5 Å². The predicted octanol–water partition coefficient (Wildman–Crippen LogP) is 1.31. The van der Waals surface area contributed by atoms with E-state index in [0.29, 0.717) is 0 Å². The number of rotatable bonds is 2. The third-order valence-corrected chi connectivity index (χ3v) is 2.02. The first-order chi connectivity index (χ1) is 5.24. The Morgan fingerprint density at radius 2 is 2.18 bits per heavy atom. The minimum atomic E-state index is 1.08. The van der Waals surface area contributed by atoms with Gasteiger partial charge in [0.2, 0.25) is 6.56 Å². The van der Waals surface area contributed by atoms with E-state index >= 15 is 0 Å². The highest BCUT2D eigenvalue weighted by Crippen LogP contribution is 1.98. The van der Waals surface area contributed by atoms with Crippen molar-refractivity contribution >= 4 is 23.6 Å². The summed E-state index contributed by atoms with van der Waals surface area (Å²) in [6, 6.07) is 2.10. The van der Waals surface area contributed by atoms with E-state index < -0.39 is 0 Å². The van der Waals surface area contributed by atoms with E-state index in [1.807, 2.05) is 13.1 Å². The van der Waals surface area contributed by atoms with Crippen LogP contribution in [0.2, 0.25) is 0 Å². The Bertz CT molecular complexity index is 250. The summed E-state index contributed by atoms with van der Waals surface area (Å²) in [5.74, 6) is 0. The molecule has 0 aromatic carbocycles. The highest BCUT2D eigenvalue weighted by molar-refractivity contribution is 8.23. The van der Waals surface area contributed by atoms with Crippen molar-refractivity contribution in [3.8, 4) is 0 Å². The minimum Gasteiger partial charge on any atom is -0.262 e. The molecule has 0 aliphatic carbocycles. The maximum atomic E-state index is 4.21. The molecule has 0 amide bonds. The summed E-state index contributed by atoms with van der Waals surface area (Å²) >= 11 is 1.71. The molecular weight excluding hydrogens is 153 g/mol. The molecule has 0 aliphatic heterocycles. The largest absolute Gasteiger partial charge is 0.262 e. The molecule has 0 aliphatic rings. The van der Waals surface area contributed by atoms with E-state index in [9.17, 15) is 0 Å². The minimum absolute atomic E-state index is 1.08. The van der Waals surface area contributed by atoms with Gasteiger partial charge in [0, 0.05) is 11.9 Å². The van der Waals surface area contributed by atoms with Crippen LogP contribution in [0.25, 0.3) is 0 Å². The van der Waals surface area contributed by atoms with Gasteiger partial charge in [-0.2, -0.15) is 0 Å². The predicted molar refractivity (Wildman–Crippen MR) is 52.6 cm³/mol. The molecule has 0 saturated carbocycles. The van der Waals surface area contributed by atoms with Gasteiger partial charge < -0.3 is 0 Å². The third-order valence-electron chi connectivity index (χ3n) is 1.53. The highest BCUT2D eigenvalue weighted by Gasteiger charge is 1.98. The van der Waals surface area contributed by atoms with Gasteiger partial charge in [-0.25, -0.2) is 11.6 Å². The van der Waals surface area contributed by atoms with Crippen LogP contribution in [-0.4, -0.2) is 17.8 Å². The zero-order chi connectivity index (χ0) is 8.27. The molecule has 0 bridgehead atoms. The molecule has 1 aromatic rings. The highest BCUT2D eigenvalue weighted by atomic mass is 32.2. The van der Waals surface area contributed by atoms with Crippen molar-refractivity contribution in [1.29, 1.82) is 0 Å². The molecule has 0 spiro atoms. The second-order valence-corrected chi connectivity index (χ2v) is 3.24. The molecular formula is C8H11BNS. The van der Waals surface area contributed by atoms with E-state index in [2.05, 4.69) is 30.8 Å². The summed E-state index contributed by atoms with van der Waals surface area (Å²) < 4.78 is 0. The molecule has 0 saturated heterocycles. The fourth-order valence-corrected chi connectivity index (χ4v) is 1.46. The Labute approximate surface area is 72.8 Å². The maximum Gasteiger partial charge on any atom is 0.231 e. The normalized spacial score (nSPS) is 9.73. The van der Waals surface area contributed by atoms with Crippen molar-refractivity contribution in [2.45, 2.75) is 13.8 Å². The molecule has 1 nitrogen and oxygen atoms in total. The van der Waals surface area contributed by atoms with Gasteiger partial charge in [-0.1, -0.05) is 11.0 Å². The SMILES string of the molecule is CS[B]c1cnc(C)cc1C. The lowest BCUT2D eigenvalue weighted by atomic mass is 9.91. The van der Waals surface area contributed by atoms with E-state index in [4.69, 9.17) is 0 Å². The summed E-state index contributed by atoms with van der Waals surface area (Å²) in [5.41, 5.74) is 3.61. The van der Waals surface area contributed by atoms with E-state index in [1.165, 1.54) is 11.0 Å². The summed E-state index contributed by atoms with van der Waals surface area (Å²) in [5, 5.41) is 0. The standard InChI is InChI=1S/C8H11BNS/c1-6-4-7(2)10-5-8(6)9-11-3/h4-5H,1-3H3. The zero-order valence-electron chi connectivity index (χ0n) is 7.09. The summed E-state index contributed by atoms with van der Waals surface area (Å²) in [4.78, 5) is 4.21. The summed E-state index contributed by atoms with van der Waals surface area (Å²) in [7, 11) is 0.